The molecule has 1 aromatic heterocycles. The molecule has 0 saturated heterocycles. The van der Waals surface area contributed by atoms with E-state index >= 15 is 0 Å². The van der Waals surface area contributed by atoms with Crippen LogP contribution in [0.3, 0.4) is 0 Å². The molecule has 4 heteroatoms. The highest BCUT2D eigenvalue weighted by Gasteiger charge is 2.09. The van der Waals surface area contributed by atoms with Crippen LogP contribution in [0.15, 0.2) is 41.9 Å². The Labute approximate surface area is 98.8 Å². The molecule has 2 rings (SSSR count). The molecule has 0 fully saturated rings. The van der Waals surface area contributed by atoms with Crippen molar-refractivity contribution in [2.24, 2.45) is 0 Å². The molecule has 0 spiro atoms. The maximum Gasteiger partial charge on any atom is 0.106 e. The summed E-state index contributed by atoms with van der Waals surface area (Å²) in [5.41, 5.74) is 1.10. The summed E-state index contributed by atoms with van der Waals surface area (Å²) in [5, 5.41) is 15.6. The first kappa shape index (κ1) is 11.3. The molecule has 0 aliphatic carbocycles. The van der Waals surface area contributed by atoms with Crippen LogP contribution in [0.2, 0.25) is 0 Å². The summed E-state index contributed by atoms with van der Waals surface area (Å²) in [4.78, 5) is 4.19. The Bertz CT molecular complexity index is 402. The van der Waals surface area contributed by atoms with Gasteiger partial charge in [0.2, 0.25) is 0 Å². The van der Waals surface area contributed by atoms with E-state index in [1.807, 2.05) is 35.7 Å². The zero-order valence-electron chi connectivity index (χ0n) is 8.84. The Kier molecular flexibility index (Phi) is 4.04. The van der Waals surface area contributed by atoms with Gasteiger partial charge in [0.25, 0.3) is 0 Å². The Balaban J connectivity index is 1.96. The molecule has 0 saturated carbocycles. The van der Waals surface area contributed by atoms with Crippen LogP contribution in [-0.2, 0) is 6.54 Å². The molecule has 0 aliphatic rings. The predicted octanol–water partition coefficient (Wildman–Crippen LogP) is 1.97. The van der Waals surface area contributed by atoms with Crippen LogP contribution in [0.1, 0.15) is 16.6 Å². The number of benzene rings is 1. The van der Waals surface area contributed by atoms with Crippen molar-refractivity contribution in [1.82, 2.24) is 10.3 Å². The minimum atomic E-state index is -0.0231. The van der Waals surface area contributed by atoms with Gasteiger partial charge >= 0.3 is 0 Å². The van der Waals surface area contributed by atoms with Gasteiger partial charge in [0, 0.05) is 18.1 Å². The van der Waals surface area contributed by atoms with Gasteiger partial charge in [0.05, 0.1) is 12.6 Å². The summed E-state index contributed by atoms with van der Waals surface area (Å²) in [6, 6.07) is 9.92. The van der Waals surface area contributed by atoms with E-state index in [4.69, 9.17) is 0 Å². The minimum Gasteiger partial charge on any atom is -0.394 e. The van der Waals surface area contributed by atoms with E-state index < -0.39 is 0 Å². The molecule has 2 N–H and O–H groups in total. The quantitative estimate of drug-likeness (QED) is 0.831. The molecule has 1 heterocycles. The van der Waals surface area contributed by atoms with E-state index in [0.717, 1.165) is 10.6 Å². The van der Waals surface area contributed by atoms with Gasteiger partial charge in [0.15, 0.2) is 0 Å². The van der Waals surface area contributed by atoms with Crippen LogP contribution in [0, 0.1) is 0 Å². The van der Waals surface area contributed by atoms with Crippen molar-refractivity contribution in [3.8, 4) is 0 Å². The summed E-state index contributed by atoms with van der Waals surface area (Å²) in [6.07, 6.45) is 1.79. The summed E-state index contributed by atoms with van der Waals surface area (Å²) in [7, 11) is 0. The van der Waals surface area contributed by atoms with E-state index in [9.17, 15) is 5.11 Å². The highest BCUT2D eigenvalue weighted by atomic mass is 32.1. The van der Waals surface area contributed by atoms with Gasteiger partial charge in [-0.1, -0.05) is 30.3 Å². The molecule has 0 amide bonds. The van der Waals surface area contributed by atoms with E-state index in [2.05, 4.69) is 10.3 Å². The monoisotopic (exact) mass is 234 g/mol. The molecule has 2 aromatic rings. The zero-order valence-corrected chi connectivity index (χ0v) is 9.65. The van der Waals surface area contributed by atoms with Crippen LogP contribution in [0.25, 0.3) is 0 Å². The molecule has 0 radical (unpaired) electrons. The van der Waals surface area contributed by atoms with Gasteiger partial charge in [-0.3, -0.25) is 0 Å². The SMILES string of the molecule is OCC(NCc1nccs1)c1ccccc1. The van der Waals surface area contributed by atoms with Gasteiger partial charge in [-0.25, -0.2) is 4.98 Å². The topological polar surface area (TPSA) is 45.1 Å². The summed E-state index contributed by atoms with van der Waals surface area (Å²) in [6.45, 7) is 0.785. The second kappa shape index (κ2) is 5.75. The normalized spacial score (nSPS) is 12.6. The number of aliphatic hydroxyl groups is 1. The third kappa shape index (κ3) is 2.88. The molecule has 84 valence electrons. The number of hydrogen-bond donors (Lipinski definition) is 2. The molecule has 1 atom stereocenters. The van der Waals surface area contributed by atoms with Gasteiger partial charge in [0.1, 0.15) is 5.01 Å². The first-order chi connectivity index (χ1) is 7.90. The lowest BCUT2D eigenvalue weighted by Gasteiger charge is -2.15. The fourth-order valence-corrected chi connectivity index (χ4v) is 2.09. The number of aliphatic hydroxyl groups excluding tert-OH is 1. The van der Waals surface area contributed by atoms with Crippen LogP contribution >= 0.6 is 11.3 Å². The van der Waals surface area contributed by atoms with Crippen molar-refractivity contribution in [1.29, 1.82) is 0 Å². The minimum absolute atomic E-state index is 0.0231. The highest BCUT2D eigenvalue weighted by Crippen LogP contribution is 2.13. The zero-order chi connectivity index (χ0) is 11.2. The lowest BCUT2D eigenvalue weighted by molar-refractivity contribution is 0.243. The number of thiazole rings is 1. The van der Waals surface area contributed by atoms with Gasteiger partial charge in [-0.15, -0.1) is 11.3 Å². The average Bonchev–Trinajstić information content (AvgIpc) is 2.84. The van der Waals surface area contributed by atoms with Gasteiger partial charge in [-0.05, 0) is 5.56 Å². The van der Waals surface area contributed by atoms with Crippen molar-refractivity contribution in [3.63, 3.8) is 0 Å². The van der Waals surface area contributed by atoms with Crippen molar-refractivity contribution in [2.45, 2.75) is 12.6 Å². The molecule has 16 heavy (non-hydrogen) atoms. The smallest absolute Gasteiger partial charge is 0.106 e. The maximum atomic E-state index is 9.33. The lowest BCUT2D eigenvalue weighted by Crippen LogP contribution is -2.23. The summed E-state index contributed by atoms with van der Waals surface area (Å²) < 4.78 is 0. The van der Waals surface area contributed by atoms with E-state index in [1.165, 1.54) is 0 Å². The number of aromatic nitrogens is 1. The molecule has 0 bridgehead atoms. The Hall–Kier alpha value is -1.23. The van der Waals surface area contributed by atoms with Crippen molar-refractivity contribution >= 4 is 11.3 Å². The van der Waals surface area contributed by atoms with E-state index in [-0.39, 0.29) is 12.6 Å². The molecule has 1 unspecified atom stereocenters. The average molecular weight is 234 g/mol. The maximum absolute atomic E-state index is 9.33. The van der Waals surface area contributed by atoms with E-state index in [1.54, 1.807) is 17.5 Å². The molecule has 0 aliphatic heterocycles. The largest absolute Gasteiger partial charge is 0.394 e. The van der Waals surface area contributed by atoms with E-state index in [0.29, 0.717) is 6.54 Å². The Morgan fingerprint density at radius 1 is 1.31 bits per heavy atom. The number of rotatable bonds is 5. The van der Waals surface area contributed by atoms with Crippen LogP contribution < -0.4 is 5.32 Å². The highest BCUT2D eigenvalue weighted by molar-refractivity contribution is 7.09. The molecule has 3 nitrogen and oxygen atoms in total. The van der Waals surface area contributed by atoms with Crippen LogP contribution in [-0.4, -0.2) is 16.7 Å². The van der Waals surface area contributed by atoms with Crippen LogP contribution in [0.4, 0.5) is 0 Å². The Morgan fingerprint density at radius 3 is 2.75 bits per heavy atom. The van der Waals surface area contributed by atoms with Crippen LogP contribution in [0.5, 0.6) is 0 Å². The first-order valence-electron chi connectivity index (χ1n) is 5.17. The first-order valence-corrected chi connectivity index (χ1v) is 6.05. The predicted molar refractivity (Wildman–Crippen MR) is 65.2 cm³/mol. The fraction of sp³-hybridized carbons (Fsp3) is 0.250. The second-order valence-corrected chi connectivity index (χ2v) is 4.43. The number of nitrogens with zero attached hydrogens (tertiary/aromatic N) is 1. The summed E-state index contributed by atoms with van der Waals surface area (Å²) in [5.74, 6) is 0. The third-order valence-electron chi connectivity index (χ3n) is 2.37. The second-order valence-electron chi connectivity index (χ2n) is 3.45. The van der Waals surface area contributed by atoms with Gasteiger partial charge < -0.3 is 10.4 Å². The Morgan fingerprint density at radius 2 is 2.12 bits per heavy atom. The van der Waals surface area contributed by atoms with Crippen molar-refractivity contribution < 1.29 is 5.11 Å². The molecular weight excluding hydrogens is 220 g/mol. The van der Waals surface area contributed by atoms with Gasteiger partial charge in [-0.2, -0.15) is 0 Å². The summed E-state index contributed by atoms with van der Waals surface area (Å²) >= 11 is 1.62. The van der Waals surface area contributed by atoms with Crippen molar-refractivity contribution in [3.05, 3.63) is 52.5 Å². The number of nitrogens with one attached hydrogen (secondary N) is 1. The molecular formula is C12H14N2OS. The fourth-order valence-electron chi connectivity index (χ4n) is 1.52. The lowest BCUT2D eigenvalue weighted by atomic mass is 10.1. The third-order valence-corrected chi connectivity index (χ3v) is 3.15. The van der Waals surface area contributed by atoms with Crippen molar-refractivity contribution in [2.75, 3.05) is 6.61 Å². The molecule has 1 aromatic carbocycles. The standard InChI is InChI=1S/C12H14N2OS/c15-9-11(10-4-2-1-3-5-10)14-8-12-13-6-7-16-12/h1-7,11,14-15H,8-9H2. The number of hydrogen-bond acceptors (Lipinski definition) is 4.